The fourth-order valence-electron chi connectivity index (χ4n) is 2.59. The van der Waals surface area contributed by atoms with Gasteiger partial charge in [0.2, 0.25) is 0 Å². The standard InChI is InChI=1S/C14H15ClN4O/c1-16-12-13(15)17-7-18-14(12)19-11-9-5-3-2-4-8(9)6-10(11)20/h2-5,7,10-11,16,20H,6H2,1H3,(H,17,18,19)/t10-,11+/m1/s1. The Balaban J connectivity index is 1.94. The summed E-state index contributed by atoms with van der Waals surface area (Å²) in [5.74, 6) is 0.591. The molecule has 1 heterocycles. The first kappa shape index (κ1) is 13.1. The van der Waals surface area contributed by atoms with Gasteiger partial charge < -0.3 is 15.7 Å². The van der Waals surface area contributed by atoms with E-state index in [9.17, 15) is 5.11 Å². The highest BCUT2D eigenvalue weighted by Gasteiger charge is 2.31. The average Bonchev–Trinajstić information content (AvgIpc) is 2.76. The van der Waals surface area contributed by atoms with Crippen molar-refractivity contribution < 1.29 is 5.11 Å². The van der Waals surface area contributed by atoms with Crippen LogP contribution in [0.25, 0.3) is 0 Å². The fourth-order valence-corrected chi connectivity index (χ4v) is 2.82. The quantitative estimate of drug-likeness (QED) is 0.756. The van der Waals surface area contributed by atoms with Crippen molar-refractivity contribution in [3.63, 3.8) is 0 Å². The maximum absolute atomic E-state index is 10.2. The van der Waals surface area contributed by atoms with Gasteiger partial charge in [-0.2, -0.15) is 0 Å². The predicted molar refractivity (Wildman–Crippen MR) is 79.1 cm³/mol. The fraction of sp³-hybridized carbons (Fsp3) is 0.286. The molecule has 5 nitrogen and oxygen atoms in total. The highest BCUT2D eigenvalue weighted by Crippen LogP contribution is 2.36. The molecule has 3 N–H and O–H groups in total. The van der Waals surface area contributed by atoms with Gasteiger partial charge in [-0.15, -0.1) is 0 Å². The lowest BCUT2D eigenvalue weighted by Gasteiger charge is -2.20. The van der Waals surface area contributed by atoms with Gasteiger partial charge in [0.15, 0.2) is 11.0 Å². The third kappa shape index (κ3) is 2.19. The average molecular weight is 291 g/mol. The van der Waals surface area contributed by atoms with Crippen LogP contribution in [0.4, 0.5) is 11.5 Å². The smallest absolute Gasteiger partial charge is 0.157 e. The first-order chi connectivity index (χ1) is 9.70. The van der Waals surface area contributed by atoms with Gasteiger partial charge in [0.05, 0.1) is 12.1 Å². The molecule has 2 aromatic rings. The second-order valence-corrected chi connectivity index (χ2v) is 5.09. The molecule has 0 unspecified atom stereocenters. The van der Waals surface area contributed by atoms with E-state index >= 15 is 0 Å². The summed E-state index contributed by atoms with van der Waals surface area (Å²) in [4.78, 5) is 8.14. The first-order valence-electron chi connectivity index (χ1n) is 6.41. The lowest BCUT2D eigenvalue weighted by atomic mass is 10.1. The molecule has 0 spiro atoms. The number of benzene rings is 1. The van der Waals surface area contributed by atoms with Crippen LogP contribution in [0.3, 0.4) is 0 Å². The molecule has 2 atom stereocenters. The second kappa shape index (κ2) is 5.26. The molecule has 3 rings (SSSR count). The van der Waals surface area contributed by atoms with Crippen molar-refractivity contribution in [1.29, 1.82) is 0 Å². The summed E-state index contributed by atoms with van der Waals surface area (Å²) in [5, 5.41) is 16.8. The summed E-state index contributed by atoms with van der Waals surface area (Å²) in [7, 11) is 1.76. The Kier molecular flexibility index (Phi) is 3.46. The van der Waals surface area contributed by atoms with Gasteiger partial charge in [0.25, 0.3) is 0 Å². The monoisotopic (exact) mass is 290 g/mol. The van der Waals surface area contributed by atoms with E-state index in [1.54, 1.807) is 7.05 Å². The molecule has 1 aromatic heterocycles. The van der Waals surface area contributed by atoms with E-state index in [2.05, 4.69) is 20.6 Å². The maximum Gasteiger partial charge on any atom is 0.157 e. The molecular weight excluding hydrogens is 276 g/mol. The molecule has 1 aliphatic rings. The van der Waals surface area contributed by atoms with E-state index < -0.39 is 6.10 Å². The minimum absolute atomic E-state index is 0.190. The predicted octanol–water partition coefficient (Wildman–Crippen LogP) is 2.24. The van der Waals surface area contributed by atoms with Crippen LogP contribution in [0.15, 0.2) is 30.6 Å². The molecule has 0 bridgehead atoms. The molecule has 1 aliphatic carbocycles. The van der Waals surface area contributed by atoms with E-state index in [1.807, 2.05) is 24.3 Å². The normalized spacial score (nSPS) is 20.6. The number of rotatable bonds is 3. The first-order valence-corrected chi connectivity index (χ1v) is 6.79. The summed E-state index contributed by atoms with van der Waals surface area (Å²) in [6.07, 6.45) is 1.56. The van der Waals surface area contributed by atoms with Crippen LogP contribution < -0.4 is 10.6 Å². The van der Waals surface area contributed by atoms with Gasteiger partial charge >= 0.3 is 0 Å². The van der Waals surface area contributed by atoms with E-state index in [1.165, 1.54) is 6.33 Å². The van der Waals surface area contributed by atoms with Crippen LogP contribution >= 0.6 is 11.6 Å². The lowest BCUT2D eigenvalue weighted by molar-refractivity contribution is 0.165. The van der Waals surface area contributed by atoms with Crippen molar-refractivity contribution in [2.24, 2.45) is 0 Å². The zero-order valence-electron chi connectivity index (χ0n) is 11.0. The summed E-state index contributed by atoms with van der Waals surface area (Å²) < 4.78 is 0. The van der Waals surface area contributed by atoms with Gasteiger partial charge in [-0.3, -0.25) is 0 Å². The number of aliphatic hydroxyl groups excluding tert-OH is 1. The molecule has 0 fully saturated rings. The zero-order valence-corrected chi connectivity index (χ0v) is 11.7. The van der Waals surface area contributed by atoms with Crippen LogP contribution in [0.2, 0.25) is 5.15 Å². The van der Waals surface area contributed by atoms with Crippen LogP contribution in [-0.2, 0) is 6.42 Å². The van der Waals surface area contributed by atoms with Gasteiger partial charge in [0, 0.05) is 13.5 Å². The van der Waals surface area contributed by atoms with Gasteiger partial charge in [-0.05, 0) is 11.1 Å². The van der Waals surface area contributed by atoms with E-state index in [-0.39, 0.29) is 6.04 Å². The Labute approximate surface area is 122 Å². The highest BCUT2D eigenvalue weighted by molar-refractivity contribution is 6.32. The molecule has 1 aromatic carbocycles. The number of anilines is 2. The third-order valence-corrected chi connectivity index (χ3v) is 3.83. The Bertz CT molecular complexity index is 634. The molecule has 20 heavy (non-hydrogen) atoms. The van der Waals surface area contributed by atoms with Crippen molar-refractivity contribution in [3.05, 3.63) is 46.9 Å². The number of aliphatic hydroxyl groups is 1. The number of aromatic nitrogens is 2. The van der Waals surface area contributed by atoms with Crippen molar-refractivity contribution in [3.8, 4) is 0 Å². The van der Waals surface area contributed by atoms with Crippen LogP contribution in [-0.4, -0.2) is 28.2 Å². The topological polar surface area (TPSA) is 70.1 Å². The number of fused-ring (bicyclic) bond motifs is 1. The molecule has 0 saturated heterocycles. The number of halogens is 1. The SMILES string of the molecule is CNc1c(Cl)ncnc1N[C@H]1c2ccccc2C[C@H]1O. The molecule has 0 saturated carbocycles. The number of hydrogen-bond donors (Lipinski definition) is 3. The van der Waals surface area contributed by atoms with Crippen LogP contribution in [0.5, 0.6) is 0 Å². The summed E-state index contributed by atoms with van der Waals surface area (Å²) in [6.45, 7) is 0. The molecule has 0 aliphatic heterocycles. The van der Waals surface area contributed by atoms with Gasteiger partial charge in [0.1, 0.15) is 12.0 Å². The molecule has 0 amide bonds. The molecule has 0 radical (unpaired) electrons. The zero-order chi connectivity index (χ0) is 14.1. The number of nitrogens with zero attached hydrogens (tertiary/aromatic N) is 2. The molecule has 6 heteroatoms. The van der Waals surface area contributed by atoms with Crippen molar-refractivity contribution in [1.82, 2.24) is 9.97 Å². The van der Waals surface area contributed by atoms with Crippen molar-refractivity contribution >= 4 is 23.1 Å². The van der Waals surface area contributed by atoms with Gasteiger partial charge in [-0.25, -0.2) is 9.97 Å². The number of hydrogen-bond acceptors (Lipinski definition) is 5. The van der Waals surface area contributed by atoms with Crippen LogP contribution in [0, 0.1) is 0 Å². The third-order valence-electron chi connectivity index (χ3n) is 3.55. The van der Waals surface area contributed by atoms with Crippen molar-refractivity contribution in [2.75, 3.05) is 17.7 Å². The van der Waals surface area contributed by atoms with Crippen molar-refractivity contribution in [2.45, 2.75) is 18.6 Å². The second-order valence-electron chi connectivity index (χ2n) is 4.73. The highest BCUT2D eigenvalue weighted by atomic mass is 35.5. The van der Waals surface area contributed by atoms with Gasteiger partial charge in [-0.1, -0.05) is 35.9 Å². The largest absolute Gasteiger partial charge is 0.390 e. The number of nitrogens with one attached hydrogen (secondary N) is 2. The lowest BCUT2D eigenvalue weighted by Crippen LogP contribution is -2.22. The van der Waals surface area contributed by atoms with E-state index in [4.69, 9.17) is 11.6 Å². The Hall–Kier alpha value is -1.85. The van der Waals surface area contributed by atoms with E-state index in [0.29, 0.717) is 23.1 Å². The Morgan fingerprint density at radius 1 is 1.30 bits per heavy atom. The molecule has 104 valence electrons. The van der Waals surface area contributed by atoms with Crippen LogP contribution in [0.1, 0.15) is 17.2 Å². The molecular formula is C14H15ClN4O. The maximum atomic E-state index is 10.2. The Morgan fingerprint density at radius 3 is 2.90 bits per heavy atom. The van der Waals surface area contributed by atoms with E-state index in [0.717, 1.165) is 11.1 Å². The summed E-state index contributed by atoms with van der Waals surface area (Å²) in [6, 6.07) is 7.81. The minimum Gasteiger partial charge on any atom is -0.390 e. The summed E-state index contributed by atoms with van der Waals surface area (Å²) >= 11 is 6.04. The minimum atomic E-state index is -0.481. The summed E-state index contributed by atoms with van der Waals surface area (Å²) in [5.41, 5.74) is 2.88. The Morgan fingerprint density at radius 2 is 2.10 bits per heavy atom.